The summed E-state index contributed by atoms with van der Waals surface area (Å²) >= 11 is 0. The fourth-order valence-corrected chi connectivity index (χ4v) is 5.33. The summed E-state index contributed by atoms with van der Waals surface area (Å²) in [4.78, 5) is 19.5. The Bertz CT molecular complexity index is 1130. The molecule has 2 N–H and O–H groups in total. The van der Waals surface area contributed by atoms with Gasteiger partial charge >= 0.3 is 0 Å². The molecule has 2 heterocycles. The predicted octanol–water partition coefficient (Wildman–Crippen LogP) is 3.43. The van der Waals surface area contributed by atoms with Crippen molar-refractivity contribution in [1.82, 2.24) is 15.2 Å². The summed E-state index contributed by atoms with van der Waals surface area (Å²) in [6.45, 7) is 9.74. The van der Waals surface area contributed by atoms with Crippen molar-refractivity contribution in [1.29, 1.82) is 5.26 Å². The average molecular weight is 386 g/mol. The van der Waals surface area contributed by atoms with Crippen molar-refractivity contribution in [3.05, 3.63) is 58.3 Å². The van der Waals surface area contributed by atoms with Gasteiger partial charge in [0.1, 0.15) is 0 Å². The molecule has 2 aliphatic carbocycles. The van der Waals surface area contributed by atoms with E-state index in [9.17, 15) is 10.1 Å². The summed E-state index contributed by atoms with van der Waals surface area (Å²) < 4.78 is 0. The second-order valence-corrected chi connectivity index (χ2v) is 9.02. The van der Waals surface area contributed by atoms with Crippen molar-refractivity contribution in [2.45, 2.75) is 44.7 Å². The number of H-pyrrole nitrogens is 1. The van der Waals surface area contributed by atoms with Crippen molar-refractivity contribution in [3.8, 4) is 6.07 Å². The highest BCUT2D eigenvalue weighted by atomic mass is 16.1. The molecule has 1 aromatic heterocycles. The normalized spacial score (nSPS) is 26.3. The highest BCUT2D eigenvalue weighted by molar-refractivity contribution is 6.20. The van der Waals surface area contributed by atoms with E-state index in [2.05, 4.69) is 54.2 Å². The predicted molar refractivity (Wildman–Crippen MR) is 114 cm³/mol. The number of aromatic nitrogens is 1. The average Bonchev–Trinajstić information content (AvgIpc) is 3.12. The van der Waals surface area contributed by atoms with Gasteiger partial charge in [0, 0.05) is 59.3 Å². The molecule has 0 saturated carbocycles. The van der Waals surface area contributed by atoms with Crippen LogP contribution in [0.3, 0.4) is 0 Å². The van der Waals surface area contributed by atoms with Crippen LogP contribution >= 0.6 is 0 Å². The molecule has 0 bridgehead atoms. The third-order valence-electron chi connectivity index (χ3n) is 6.98. The van der Waals surface area contributed by atoms with Crippen LogP contribution in [-0.2, 0) is 5.41 Å². The summed E-state index contributed by atoms with van der Waals surface area (Å²) in [5.74, 6) is 0.105. The lowest BCUT2D eigenvalue weighted by Gasteiger charge is -2.43. The molecule has 2 aromatic rings. The number of carbonyl (C=O) groups excluding carboxylic acids is 1. The number of hydrogen-bond acceptors (Lipinski definition) is 4. The molecule has 3 aliphatic rings. The molecular formula is C24H26N4O. The maximum Gasteiger partial charge on any atom is 0.195 e. The number of aromatic amines is 1. The maximum absolute atomic E-state index is 13.5. The van der Waals surface area contributed by atoms with Crippen LogP contribution in [0, 0.1) is 11.3 Å². The number of benzene rings is 1. The zero-order valence-corrected chi connectivity index (χ0v) is 17.2. The van der Waals surface area contributed by atoms with Gasteiger partial charge in [0.05, 0.1) is 17.2 Å². The monoisotopic (exact) mass is 386 g/mol. The van der Waals surface area contributed by atoms with E-state index in [1.807, 2.05) is 12.1 Å². The fourth-order valence-electron chi connectivity index (χ4n) is 5.33. The number of hydrogen-bond donors (Lipinski definition) is 2. The Morgan fingerprint density at radius 3 is 2.90 bits per heavy atom. The van der Waals surface area contributed by atoms with E-state index in [1.54, 1.807) is 6.07 Å². The third kappa shape index (κ3) is 2.63. The quantitative estimate of drug-likeness (QED) is 0.788. The highest BCUT2D eigenvalue weighted by Gasteiger charge is 2.43. The standard InChI is InChI=1S/C24H26N4O/c1-14-13-26-8-9-28(14)16-5-7-17-19(11-16)24(2,3)23-21(22(17)29)18-6-4-15(12-25)10-20(18)27-23/h4-7,10,14,16,26-27H,8-9,11,13H2,1-3H3/t14-,16?/m0/s1. The number of nitrogens with one attached hydrogen (secondary N) is 2. The molecule has 1 aliphatic heterocycles. The Hall–Kier alpha value is -2.68. The number of nitriles is 1. The van der Waals surface area contributed by atoms with Crippen molar-refractivity contribution < 1.29 is 4.79 Å². The van der Waals surface area contributed by atoms with Crippen LogP contribution in [0.5, 0.6) is 0 Å². The molecule has 29 heavy (non-hydrogen) atoms. The molecule has 2 atom stereocenters. The van der Waals surface area contributed by atoms with Crippen LogP contribution in [0.25, 0.3) is 10.9 Å². The Kier molecular flexibility index (Phi) is 4.06. The van der Waals surface area contributed by atoms with Crippen molar-refractivity contribution >= 4 is 16.7 Å². The topological polar surface area (TPSA) is 71.9 Å². The van der Waals surface area contributed by atoms with E-state index >= 15 is 0 Å². The van der Waals surface area contributed by atoms with Crippen molar-refractivity contribution in [3.63, 3.8) is 0 Å². The molecule has 1 saturated heterocycles. The minimum Gasteiger partial charge on any atom is -0.357 e. The molecule has 0 spiro atoms. The molecule has 5 heteroatoms. The molecule has 5 rings (SSSR count). The lowest BCUT2D eigenvalue weighted by atomic mass is 9.67. The highest BCUT2D eigenvalue weighted by Crippen LogP contribution is 2.47. The number of ketones is 1. The number of fused-ring (bicyclic) bond motifs is 3. The zero-order valence-electron chi connectivity index (χ0n) is 17.2. The van der Waals surface area contributed by atoms with E-state index in [1.165, 1.54) is 5.57 Å². The van der Waals surface area contributed by atoms with Crippen LogP contribution in [0.4, 0.5) is 0 Å². The minimum absolute atomic E-state index is 0.105. The van der Waals surface area contributed by atoms with Gasteiger partial charge in [-0.1, -0.05) is 32.1 Å². The van der Waals surface area contributed by atoms with Crippen LogP contribution < -0.4 is 5.32 Å². The Morgan fingerprint density at radius 1 is 1.31 bits per heavy atom. The van der Waals surface area contributed by atoms with Crippen LogP contribution in [0.1, 0.15) is 48.8 Å². The second kappa shape index (κ2) is 6.41. The molecule has 1 aromatic carbocycles. The van der Waals surface area contributed by atoms with E-state index in [4.69, 9.17) is 0 Å². The zero-order chi connectivity index (χ0) is 20.3. The van der Waals surface area contributed by atoms with Gasteiger partial charge in [-0.3, -0.25) is 9.69 Å². The van der Waals surface area contributed by atoms with Gasteiger partial charge in [-0.15, -0.1) is 0 Å². The SMILES string of the molecule is C[C@H]1CNCCN1C1C=CC2=C(C1)C(C)(C)c1[nH]c3cc(C#N)ccc3c1C2=O. The Morgan fingerprint density at radius 2 is 2.14 bits per heavy atom. The summed E-state index contributed by atoms with van der Waals surface area (Å²) in [6.07, 6.45) is 5.17. The Labute approximate surface area is 171 Å². The molecule has 5 nitrogen and oxygen atoms in total. The number of Topliss-reactive ketones (excluding diaryl/α,β-unsaturated/α-hetero) is 1. The largest absolute Gasteiger partial charge is 0.357 e. The van der Waals surface area contributed by atoms with E-state index in [0.717, 1.165) is 53.8 Å². The minimum atomic E-state index is -0.259. The summed E-state index contributed by atoms with van der Waals surface area (Å²) in [6, 6.07) is 8.54. The van der Waals surface area contributed by atoms with Crippen LogP contribution in [-0.4, -0.2) is 47.4 Å². The molecule has 148 valence electrons. The van der Waals surface area contributed by atoms with Gasteiger partial charge < -0.3 is 10.3 Å². The van der Waals surface area contributed by atoms with Gasteiger partial charge in [0.2, 0.25) is 0 Å². The van der Waals surface area contributed by atoms with Crippen LogP contribution in [0.15, 0.2) is 41.5 Å². The molecular weight excluding hydrogens is 360 g/mol. The fraction of sp³-hybridized carbons (Fsp3) is 0.417. The third-order valence-corrected chi connectivity index (χ3v) is 6.98. The molecule has 0 radical (unpaired) electrons. The van der Waals surface area contributed by atoms with Crippen molar-refractivity contribution in [2.24, 2.45) is 0 Å². The van der Waals surface area contributed by atoms with Gasteiger partial charge in [0.15, 0.2) is 5.78 Å². The van der Waals surface area contributed by atoms with Crippen LogP contribution in [0.2, 0.25) is 0 Å². The van der Waals surface area contributed by atoms with E-state index < -0.39 is 0 Å². The number of piperazine rings is 1. The first-order valence-corrected chi connectivity index (χ1v) is 10.4. The van der Waals surface area contributed by atoms with Crippen molar-refractivity contribution in [2.75, 3.05) is 19.6 Å². The maximum atomic E-state index is 13.5. The number of allylic oxidation sites excluding steroid dienone is 2. The van der Waals surface area contributed by atoms with Gasteiger partial charge in [0.25, 0.3) is 0 Å². The van der Waals surface area contributed by atoms with E-state index in [0.29, 0.717) is 17.6 Å². The second-order valence-electron chi connectivity index (χ2n) is 9.02. The first-order valence-electron chi connectivity index (χ1n) is 10.4. The smallest absolute Gasteiger partial charge is 0.195 e. The summed E-state index contributed by atoms with van der Waals surface area (Å²) in [5.41, 5.74) is 5.04. The summed E-state index contributed by atoms with van der Waals surface area (Å²) in [5, 5.41) is 13.6. The Balaban J connectivity index is 1.59. The lowest BCUT2D eigenvalue weighted by molar-refractivity contribution is 0.102. The van der Waals surface area contributed by atoms with Gasteiger partial charge in [-0.25, -0.2) is 0 Å². The number of carbonyl (C=O) groups is 1. The first kappa shape index (κ1) is 18.4. The summed E-state index contributed by atoms with van der Waals surface area (Å²) in [7, 11) is 0. The molecule has 0 amide bonds. The number of nitrogens with zero attached hydrogens (tertiary/aromatic N) is 2. The first-order chi connectivity index (χ1) is 13.9. The molecule has 1 unspecified atom stereocenters. The molecule has 1 fully saturated rings. The lowest BCUT2D eigenvalue weighted by Crippen LogP contribution is -2.54. The number of rotatable bonds is 1. The van der Waals surface area contributed by atoms with E-state index in [-0.39, 0.29) is 11.2 Å². The van der Waals surface area contributed by atoms with Gasteiger partial charge in [-0.05, 0) is 31.1 Å². The van der Waals surface area contributed by atoms with Gasteiger partial charge in [-0.2, -0.15) is 5.26 Å².